The third-order valence-electron chi connectivity index (χ3n) is 4.42. The zero-order valence-corrected chi connectivity index (χ0v) is 13.3. The average Bonchev–Trinajstić information content (AvgIpc) is 2.94. The molecule has 0 saturated heterocycles. The summed E-state index contributed by atoms with van der Waals surface area (Å²) in [6.45, 7) is 1.07. The van der Waals surface area contributed by atoms with Crippen LogP contribution in [-0.2, 0) is 13.0 Å². The Bertz CT molecular complexity index is 728. The molecular weight excluding hydrogens is 317 g/mol. The van der Waals surface area contributed by atoms with Crippen molar-refractivity contribution in [2.45, 2.75) is 19.0 Å². The molecule has 128 valence electrons. The third kappa shape index (κ3) is 3.25. The second-order valence-corrected chi connectivity index (χ2v) is 6.05. The van der Waals surface area contributed by atoms with Gasteiger partial charge in [-0.1, -0.05) is 12.1 Å². The Morgan fingerprint density at radius 2 is 1.88 bits per heavy atom. The van der Waals surface area contributed by atoms with Crippen LogP contribution in [0.3, 0.4) is 0 Å². The van der Waals surface area contributed by atoms with E-state index in [4.69, 9.17) is 0 Å². The summed E-state index contributed by atoms with van der Waals surface area (Å²) in [6.07, 6.45) is 0.984. The van der Waals surface area contributed by atoms with E-state index >= 15 is 0 Å². The Morgan fingerprint density at radius 3 is 2.54 bits per heavy atom. The number of rotatable bonds is 5. The van der Waals surface area contributed by atoms with E-state index in [9.17, 15) is 18.3 Å². The monoisotopic (exact) mass is 336 g/mol. The van der Waals surface area contributed by atoms with Crippen molar-refractivity contribution in [1.29, 1.82) is 0 Å². The molecule has 0 bridgehead atoms. The number of aliphatic hydroxyl groups excluding tert-OH is 1. The number of hydrogen-bond acceptors (Lipinski definition) is 3. The van der Waals surface area contributed by atoms with Crippen LogP contribution >= 0.6 is 0 Å². The van der Waals surface area contributed by atoms with Gasteiger partial charge in [0, 0.05) is 25.8 Å². The highest BCUT2D eigenvalue weighted by Gasteiger charge is 2.18. The summed E-state index contributed by atoms with van der Waals surface area (Å²) in [4.78, 5) is 2.19. The lowest BCUT2D eigenvalue weighted by Gasteiger charge is -2.18. The Labute approximate surface area is 138 Å². The molecule has 0 aromatic heterocycles. The van der Waals surface area contributed by atoms with Crippen molar-refractivity contribution in [3.63, 3.8) is 0 Å². The van der Waals surface area contributed by atoms with Crippen molar-refractivity contribution < 1.29 is 18.3 Å². The van der Waals surface area contributed by atoms with Gasteiger partial charge in [-0.3, -0.25) is 0 Å². The van der Waals surface area contributed by atoms with Gasteiger partial charge in [-0.05, 0) is 41.3 Å². The Morgan fingerprint density at radius 1 is 1.17 bits per heavy atom. The lowest BCUT2D eigenvalue weighted by Crippen LogP contribution is -2.24. The highest BCUT2D eigenvalue weighted by molar-refractivity contribution is 5.58. The number of fused-ring (bicyclic) bond motifs is 1. The average molecular weight is 336 g/mol. The quantitative estimate of drug-likeness (QED) is 0.824. The predicted molar refractivity (Wildman–Crippen MR) is 86.4 cm³/mol. The van der Waals surface area contributed by atoms with Crippen LogP contribution in [0.15, 0.2) is 30.3 Å². The molecule has 3 rings (SSSR count). The molecule has 2 N–H and O–H groups in total. The molecule has 6 heteroatoms. The van der Waals surface area contributed by atoms with Gasteiger partial charge in [-0.25, -0.2) is 13.2 Å². The molecule has 24 heavy (non-hydrogen) atoms. The van der Waals surface area contributed by atoms with Crippen LogP contribution in [0.2, 0.25) is 0 Å². The van der Waals surface area contributed by atoms with E-state index in [0.717, 1.165) is 30.7 Å². The number of benzene rings is 2. The smallest absolute Gasteiger partial charge is 0.194 e. The van der Waals surface area contributed by atoms with Crippen molar-refractivity contribution in [1.82, 2.24) is 5.32 Å². The normalized spacial score (nSPS) is 14.8. The zero-order valence-electron chi connectivity index (χ0n) is 13.3. The van der Waals surface area contributed by atoms with Gasteiger partial charge in [0.2, 0.25) is 0 Å². The van der Waals surface area contributed by atoms with Crippen LogP contribution in [0.1, 0.15) is 22.7 Å². The van der Waals surface area contributed by atoms with Gasteiger partial charge in [0.15, 0.2) is 17.5 Å². The lowest BCUT2D eigenvalue weighted by molar-refractivity contribution is 0.242. The number of likely N-dealkylation sites (N-methyl/N-ethyl adjacent to an activating group) is 1. The Balaban J connectivity index is 1.73. The summed E-state index contributed by atoms with van der Waals surface area (Å²) in [5.41, 5.74) is 3.66. The van der Waals surface area contributed by atoms with Gasteiger partial charge in [-0.2, -0.15) is 0 Å². The topological polar surface area (TPSA) is 35.5 Å². The van der Waals surface area contributed by atoms with Gasteiger partial charge < -0.3 is 15.3 Å². The molecule has 0 saturated carbocycles. The maximum atomic E-state index is 13.4. The largest absolute Gasteiger partial charge is 0.394 e. The van der Waals surface area contributed by atoms with Crippen LogP contribution in [0, 0.1) is 17.5 Å². The molecule has 1 unspecified atom stereocenters. The molecule has 1 atom stereocenters. The fourth-order valence-corrected chi connectivity index (χ4v) is 3.04. The van der Waals surface area contributed by atoms with E-state index in [-0.39, 0.29) is 12.2 Å². The summed E-state index contributed by atoms with van der Waals surface area (Å²) >= 11 is 0. The van der Waals surface area contributed by atoms with E-state index in [2.05, 4.69) is 16.3 Å². The number of nitrogens with zero attached hydrogens (tertiary/aromatic N) is 1. The molecule has 1 heterocycles. The maximum Gasteiger partial charge on any atom is 0.194 e. The third-order valence-corrected chi connectivity index (χ3v) is 4.42. The molecule has 3 nitrogen and oxygen atoms in total. The van der Waals surface area contributed by atoms with E-state index in [1.165, 1.54) is 11.3 Å². The maximum absolute atomic E-state index is 13.4. The molecule has 0 aliphatic carbocycles. The molecule has 2 aromatic carbocycles. The Kier molecular flexibility index (Phi) is 4.78. The number of aliphatic hydroxyl groups is 1. The van der Waals surface area contributed by atoms with Crippen molar-refractivity contribution in [3.05, 3.63) is 64.5 Å². The van der Waals surface area contributed by atoms with Crippen LogP contribution in [0.4, 0.5) is 18.9 Å². The molecule has 0 spiro atoms. The lowest BCUT2D eigenvalue weighted by atomic mass is 10.1. The second kappa shape index (κ2) is 6.83. The van der Waals surface area contributed by atoms with Crippen LogP contribution in [0.5, 0.6) is 0 Å². The van der Waals surface area contributed by atoms with E-state index in [1.54, 1.807) is 0 Å². The van der Waals surface area contributed by atoms with Crippen molar-refractivity contribution in [3.8, 4) is 0 Å². The molecule has 1 aliphatic rings. The zero-order chi connectivity index (χ0) is 17.3. The first kappa shape index (κ1) is 16.8. The summed E-state index contributed by atoms with van der Waals surface area (Å²) < 4.78 is 39.8. The number of hydrogen-bond donors (Lipinski definition) is 2. The minimum atomic E-state index is -1.50. The van der Waals surface area contributed by atoms with Gasteiger partial charge >= 0.3 is 0 Å². The van der Waals surface area contributed by atoms with Crippen LogP contribution in [0.25, 0.3) is 0 Å². The molecule has 0 radical (unpaired) electrons. The van der Waals surface area contributed by atoms with Gasteiger partial charge in [0.25, 0.3) is 0 Å². The first-order valence-corrected chi connectivity index (χ1v) is 7.81. The predicted octanol–water partition coefficient (Wildman–Crippen LogP) is 2.92. The summed E-state index contributed by atoms with van der Waals surface area (Å²) in [7, 11) is 2.04. The van der Waals surface area contributed by atoms with Crippen molar-refractivity contribution >= 4 is 5.69 Å². The summed E-state index contributed by atoms with van der Waals surface area (Å²) in [6, 6.07) is 7.25. The molecule has 1 aliphatic heterocycles. The number of halogens is 3. The fraction of sp³-hybridized carbons (Fsp3) is 0.333. The molecule has 0 amide bonds. The van der Waals surface area contributed by atoms with E-state index in [1.807, 2.05) is 19.2 Å². The van der Waals surface area contributed by atoms with E-state index < -0.39 is 23.5 Å². The van der Waals surface area contributed by atoms with Gasteiger partial charge in [0.1, 0.15) is 0 Å². The minimum Gasteiger partial charge on any atom is -0.394 e. The minimum absolute atomic E-state index is 0.176. The highest BCUT2D eigenvalue weighted by Crippen LogP contribution is 2.27. The second-order valence-electron chi connectivity index (χ2n) is 6.05. The van der Waals surface area contributed by atoms with Crippen molar-refractivity contribution in [2.75, 3.05) is 25.1 Å². The highest BCUT2D eigenvalue weighted by atomic mass is 19.2. The van der Waals surface area contributed by atoms with Crippen LogP contribution < -0.4 is 10.2 Å². The number of nitrogens with one attached hydrogen (secondary N) is 1. The molecule has 2 aromatic rings. The summed E-state index contributed by atoms with van der Waals surface area (Å²) in [5.74, 6) is -4.02. The van der Waals surface area contributed by atoms with Gasteiger partial charge in [0.05, 0.1) is 12.6 Å². The Hall–Kier alpha value is -2.05. The summed E-state index contributed by atoms with van der Waals surface area (Å²) in [5, 5.41) is 12.5. The van der Waals surface area contributed by atoms with Gasteiger partial charge in [-0.15, -0.1) is 0 Å². The SMILES string of the molecule is CN1CCc2cc(CNC(CO)c3cc(F)c(F)c(F)c3)ccc21. The van der Waals surface area contributed by atoms with Crippen LogP contribution in [-0.4, -0.2) is 25.3 Å². The first-order chi connectivity index (χ1) is 11.5. The van der Waals surface area contributed by atoms with E-state index in [0.29, 0.717) is 6.54 Å². The standard InChI is InChI=1S/C18H19F3N2O/c1-23-5-4-12-6-11(2-3-17(12)23)9-22-16(10-24)13-7-14(19)18(21)15(20)8-13/h2-3,6-8,16,22,24H,4-5,9-10H2,1H3. The molecule has 0 fully saturated rings. The first-order valence-electron chi connectivity index (χ1n) is 7.81. The van der Waals surface area contributed by atoms with Crippen molar-refractivity contribution in [2.24, 2.45) is 0 Å². The fourth-order valence-electron chi connectivity index (χ4n) is 3.04. The number of anilines is 1. The molecular formula is C18H19F3N2O.